The molecule has 9 heteroatoms. The second-order valence-electron chi connectivity index (χ2n) is 4.54. The Morgan fingerprint density at radius 3 is 1.83 bits per heavy atom. The van der Waals surface area contributed by atoms with Crippen LogP contribution in [0.25, 0.3) is 0 Å². The van der Waals surface area contributed by atoms with Crippen LogP contribution in [0.15, 0.2) is 0 Å². The average Bonchev–Trinajstić information content (AvgIpc) is 2.43. The molecule has 0 unspecified atom stereocenters. The number of carbonyl (C=O) groups excluding carboxylic acids is 2. The normalized spacial score (nSPS) is 14.1. The summed E-state index contributed by atoms with van der Waals surface area (Å²) in [5, 5.41) is 0. The molecule has 0 aromatic rings. The molecule has 136 valence electrons. The van der Waals surface area contributed by atoms with Crippen molar-refractivity contribution in [3.05, 3.63) is 0 Å². The maximum Gasteiger partial charge on any atom is 0.330 e. The standard InChI is InChI=1S/C14H27O8P/c1-6-18-14(22-12(5)16)13(21-11(4)15)9-10-23(17,19-7-2)20-8-3/h13-14H,6-10H2,1-5H3/t13-,14-/m0/s1. The van der Waals surface area contributed by atoms with Crippen LogP contribution in [0, 0.1) is 0 Å². The number of esters is 2. The van der Waals surface area contributed by atoms with Gasteiger partial charge in [-0.25, -0.2) is 0 Å². The van der Waals surface area contributed by atoms with E-state index >= 15 is 0 Å². The molecule has 0 aliphatic heterocycles. The zero-order chi connectivity index (χ0) is 17.9. The Balaban J connectivity index is 5.02. The fourth-order valence-corrected chi connectivity index (χ4v) is 3.54. The van der Waals surface area contributed by atoms with E-state index in [1.165, 1.54) is 13.8 Å². The van der Waals surface area contributed by atoms with Gasteiger partial charge in [-0.3, -0.25) is 14.2 Å². The van der Waals surface area contributed by atoms with Crippen LogP contribution in [0.4, 0.5) is 0 Å². The predicted molar refractivity (Wildman–Crippen MR) is 83.1 cm³/mol. The van der Waals surface area contributed by atoms with Crippen molar-refractivity contribution in [2.45, 2.75) is 53.4 Å². The molecule has 0 aromatic carbocycles. The third-order valence-electron chi connectivity index (χ3n) is 2.57. The highest BCUT2D eigenvalue weighted by molar-refractivity contribution is 7.53. The van der Waals surface area contributed by atoms with E-state index in [1.54, 1.807) is 20.8 Å². The molecule has 0 fully saturated rings. The Morgan fingerprint density at radius 1 is 0.913 bits per heavy atom. The Hall–Kier alpha value is -0.950. The molecule has 0 spiro atoms. The number of ether oxygens (including phenoxy) is 3. The first-order chi connectivity index (χ1) is 10.8. The molecule has 0 saturated carbocycles. The maximum atomic E-state index is 12.5. The summed E-state index contributed by atoms with van der Waals surface area (Å²) in [5.74, 6) is -1.13. The van der Waals surface area contributed by atoms with Gasteiger partial charge in [-0.2, -0.15) is 0 Å². The lowest BCUT2D eigenvalue weighted by atomic mass is 10.2. The van der Waals surface area contributed by atoms with Gasteiger partial charge < -0.3 is 23.3 Å². The van der Waals surface area contributed by atoms with Crippen LogP contribution in [0.2, 0.25) is 0 Å². The summed E-state index contributed by atoms with van der Waals surface area (Å²) < 4.78 is 38.3. The van der Waals surface area contributed by atoms with Crippen LogP contribution >= 0.6 is 7.60 Å². The molecule has 0 saturated heterocycles. The van der Waals surface area contributed by atoms with Crippen molar-refractivity contribution in [3.63, 3.8) is 0 Å². The molecule has 0 N–H and O–H groups in total. The Kier molecular flexibility index (Phi) is 11.1. The van der Waals surface area contributed by atoms with E-state index in [0.717, 1.165) is 0 Å². The molecule has 0 aliphatic rings. The van der Waals surface area contributed by atoms with E-state index in [-0.39, 0.29) is 32.4 Å². The van der Waals surface area contributed by atoms with Crippen LogP contribution in [0.3, 0.4) is 0 Å². The first-order valence-corrected chi connectivity index (χ1v) is 9.34. The molecule has 2 atom stereocenters. The lowest BCUT2D eigenvalue weighted by molar-refractivity contribution is -0.210. The first-order valence-electron chi connectivity index (χ1n) is 7.62. The summed E-state index contributed by atoms with van der Waals surface area (Å²) in [6.45, 7) is 8.30. The van der Waals surface area contributed by atoms with Gasteiger partial charge in [0.2, 0.25) is 6.29 Å². The quantitative estimate of drug-likeness (QED) is 0.299. The molecule has 0 radical (unpaired) electrons. The van der Waals surface area contributed by atoms with Crippen molar-refractivity contribution in [2.75, 3.05) is 26.0 Å². The average molecular weight is 354 g/mol. The third kappa shape index (κ3) is 9.71. The molecule has 0 aliphatic carbocycles. The number of hydrogen-bond donors (Lipinski definition) is 0. The Bertz CT molecular complexity index is 402. The van der Waals surface area contributed by atoms with Crippen LogP contribution in [0.1, 0.15) is 41.0 Å². The van der Waals surface area contributed by atoms with Gasteiger partial charge in [0.15, 0.2) is 6.10 Å². The summed E-state index contributed by atoms with van der Waals surface area (Å²) in [4.78, 5) is 22.5. The van der Waals surface area contributed by atoms with Crippen LogP contribution in [-0.4, -0.2) is 50.3 Å². The molecule has 0 bridgehead atoms. The van der Waals surface area contributed by atoms with Gasteiger partial charge in [0.25, 0.3) is 0 Å². The van der Waals surface area contributed by atoms with E-state index in [0.29, 0.717) is 0 Å². The number of rotatable bonds is 12. The van der Waals surface area contributed by atoms with Crippen LogP contribution in [-0.2, 0) is 37.4 Å². The zero-order valence-electron chi connectivity index (χ0n) is 14.4. The lowest BCUT2D eigenvalue weighted by Crippen LogP contribution is -2.37. The highest BCUT2D eigenvalue weighted by Gasteiger charge is 2.32. The van der Waals surface area contributed by atoms with Gasteiger partial charge in [-0.1, -0.05) is 0 Å². The lowest BCUT2D eigenvalue weighted by Gasteiger charge is -2.27. The van der Waals surface area contributed by atoms with Gasteiger partial charge in [-0.15, -0.1) is 0 Å². The topological polar surface area (TPSA) is 97.4 Å². The first kappa shape index (κ1) is 22.1. The summed E-state index contributed by atoms with van der Waals surface area (Å²) in [7, 11) is -3.30. The van der Waals surface area contributed by atoms with Crippen molar-refractivity contribution >= 4 is 19.5 Å². The Morgan fingerprint density at radius 2 is 1.43 bits per heavy atom. The van der Waals surface area contributed by atoms with Crippen molar-refractivity contribution in [3.8, 4) is 0 Å². The van der Waals surface area contributed by atoms with Gasteiger partial charge in [0.1, 0.15) is 0 Å². The largest absolute Gasteiger partial charge is 0.456 e. The second-order valence-corrected chi connectivity index (χ2v) is 6.73. The smallest absolute Gasteiger partial charge is 0.330 e. The van der Waals surface area contributed by atoms with Crippen molar-refractivity contribution in [2.24, 2.45) is 0 Å². The maximum absolute atomic E-state index is 12.5. The molecule has 23 heavy (non-hydrogen) atoms. The van der Waals surface area contributed by atoms with Gasteiger partial charge in [0.05, 0.1) is 19.4 Å². The second kappa shape index (κ2) is 11.6. The van der Waals surface area contributed by atoms with Crippen molar-refractivity contribution in [1.29, 1.82) is 0 Å². The predicted octanol–water partition coefficient (Wildman–Crippen LogP) is 2.50. The van der Waals surface area contributed by atoms with E-state index in [1.807, 2.05) is 0 Å². The van der Waals surface area contributed by atoms with Crippen LogP contribution < -0.4 is 0 Å². The molecular weight excluding hydrogens is 327 g/mol. The zero-order valence-corrected chi connectivity index (χ0v) is 15.3. The van der Waals surface area contributed by atoms with E-state index < -0.39 is 31.9 Å². The molecular formula is C14H27O8P. The van der Waals surface area contributed by atoms with Gasteiger partial charge in [-0.05, 0) is 20.8 Å². The molecule has 0 heterocycles. The monoisotopic (exact) mass is 354 g/mol. The number of hydrogen-bond acceptors (Lipinski definition) is 8. The minimum atomic E-state index is -3.30. The highest BCUT2D eigenvalue weighted by atomic mass is 31.2. The van der Waals surface area contributed by atoms with Crippen LogP contribution in [0.5, 0.6) is 0 Å². The van der Waals surface area contributed by atoms with Crippen molar-refractivity contribution in [1.82, 2.24) is 0 Å². The highest BCUT2D eigenvalue weighted by Crippen LogP contribution is 2.49. The molecule has 8 nitrogen and oxygen atoms in total. The van der Waals surface area contributed by atoms with Gasteiger partial charge in [0, 0.05) is 26.9 Å². The summed E-state index contributed by atoms with van der Waals surface area (Å²) in [5.41, 5.74) is 0. The summed E-state index contributed by atoms with van der Waals surface area (Å²) >= 11 is 0. The summed E-state index contributed by atoms with van der Waals surface area (Å²) in [6, 6.07) is 0. The number of carbonyl (C=O) groups is 2. The van der Waals surface area contributed by atoms with Gasteiger partial charge >= 0.3 is 19.5 Å². The Labute approximate surface area is 137 Å². The van der Waals surface area contributed by atoms with Crippen molar-refractivity contribution < 1.29 is 37.4 Å². The minimum absolute atomic E-state index is 0.0114. The fraction of sp³-hybridized carbons (Fsp3) is 0.857. The fourth-order valence-electron chi connectivity index (χ4n) is 1.85. The molecule has 0 aromatic heterocycles. The minimum Gasteiger partial charge on any atom is -0.456 e. The van der Waals surface area contributed by atoms with E-state index in [4.69, 9.17) is 23.3 Å². The van der Waals surface area contributed by atoms with E-state index in [9.17, 15) is 14.2 Å². The third-order valence-corrected chi connectivity index (χ3v) is 4.68. The summed E-state index contributed by atoms with van der Waals surface area (Å²) in [6.07, 6.45) is -1.85. The molecule has 0 amide bonds. The molecule has 0 rings (SSSR count). The van der Waals surface area contributed by atoms with E-state index in [2.05, 4.69) is 0 Å². The SMILES string of the molecule is CCO[C@@H](OC(C)=O)[C@H](CCP(=O)(OCC)OCC)OC(C)=O.